The summed E-state index contributed by atoms with van der Waals surface area (Å²) in [4.78, 5) is 9.25. The fourth-order valence-electron chi connectivity index (χ4n) is 3.62. The number of anilines is 1. The number of aromatic nitrogens is 5. The number of hydrogen-bond acceptors (Lipinski definition) is 7. The summed E-state index contributed by atoms with van der Waals surface area (Å²) in [6.07, 6.45) is 1.11. The molecule has 0 atom stereocenters. The zero-order valence-corrected chi connectivity index (χ0v) is 16.3. The second-order valence-corrected chi connectivity index (χ2v) is 7.67. The quantitative estimate of drug-likeness (QED) is 0.533. The molecule has 4 aromatic rings. The smallest absolute Gasteiger partial charge is 0.185 e. The van der Waals surface area contributed by atoms with Crippen LogP contribution in [0.4, 0.5) is 5.82 Å². The van der Waals surface area contributed by atoms with E-state index < -0.39 is 0 Å². The minimum Gasteiger partial charge on any atom is -0.354 e. The van der Waals surface area contributed by atoms with E-state index in [-0.39, 0.29) is 0 Å². The zero-order valence-electron chi connectivity index (χ0n) is 15.5. The van der Waals surface area contributed by atoms with Crippen LogP contribution in [0.3, 0.4) is 0 Å². The Labute approximate surface area is 167 Å². The number of rotatable bonds is 4. The monoisotopic (exact) mass is 391 g/mol. The van der Waals surface area contributed by atoms with Gasteiger partial charge in [0.05, 0.1) is 11.2 Å². The van der Waals surface area contributed by atoms with E-state index in [0.29, 0.717) is 0 Å². The summed E-state index contributed by atoms with van der Waals surface area (Å²) in [6, 6.07) is 14.1. The van der Waals surface area contributed by atoms with Crippen LogP contribution < -0.4 is 4.90 Å². The molecule has 1 aliphatic rings. The lowest BCUT2D eigenvalue weighted by atomic mass is 10.2. The van der Waals surface area contributed by atoms with Gasteiger partial charge in [-0.15, -0.1) is 26.6 Å². The number of hydrogen-bond donors (Lipinski definition) is 0. The minimum absolute atomic E-state index is 0.766. The van der Waals surface area contributed by atoms with Crippen LogP contribution in [0.5, 0.6) is 0 Å². The van der Waals surface area contributed by atoms with E-state index in [9.17, 15) is 0 Å². The summed E-state index contributed by atoms with van der Waals surface area (Å²) >= 11 is 1.66. The summed E-state index contributed by atoms with van der Waals surface area (Å²) in [5.41, 5.74) is 4.85. The minimum atomic E-state index is 0.766. The summed E-state index contributed by atoms with van der Waals surface area (Å²) in [5, 5.41) is 15.6. The number of thiazole rings is 1. The van der Waals surface area contributed by atoms with E-state index in [1.807, 2.05) is 46.4 Å². The Morgan fingerprint density at radius 2 is 1.86 bits per heavy atom. The highest BCUT2D eigenvalue weighted by Crippen LogP contribution is 2.20. The Bertz CT molecular complexity index is 1050. The maximum atomic E-state index is 4.87. The summed E-state index contributed by atoms with van der Waals surface area (Å²) in [7, 11) is 0. The van der Waals surface area contributed by atoms with Gasteiger partial charge in [-0.2, -0.15) is 4.52 Å². The van der Waals surface area contributed by atoms with Crippen molar-refractivity contribution in [3.63, 3.8) is 0 Å². The fraction of sp³-hybridized carbons (Fsp3) is 0.300. The molecule has 4 heterocycles. The highest BCUT2D eigenvalue weighted by atomic mass is 32.1. The van der Waals surface area contributed by atoms with E-state index in [0.717, 1.165) is 67.7 Å². The van der Waals surface area contributed by atoms with Crippen molar-refractivity contribution in [1.82, 2.24) is 29.7 Å². The molecule has 3 aromatic heterocycles. The number of fused-ring (bicyclic) bond motifs is 1. The normalized spacial score (nSPS) is 15.8. The highest BCUT2D eigenvalue weighted by molar-refractivity contribution is 7.07. The molecule has 1 saturated heterocycles. The molecule has 28 heavy (non-hydrogen) atoms. The Morgan fingerprint density at radius 1 is 0.929 bits per heavy atom. The molecule has 5 rings (SSSR count). The third-order valence-corrected chi connectivity index (χ3v) is 5.70. The van der Waals surface area contributed by atoms with Crippen molar-refractivity contribution in [2.24, 2.45) is 0 Å². The molecule has 0 spiro atoms. The molecule has 0 amide bonds. The molecule has 0 radical (unpaired) electrons. The molecular weight excluding hydrogens is 370 g/mol. The van der Waals surface area contributed by atoms with Gasteiger partial charge in [0.25, 0.3) is 0 Å². The molecule has 0 N–H and O–H groups in total. The molecule has 8 heteroatoms. The predicted octanol–water partition coefficient (Wildman–Crippen LogP) is 2.96. The van der Waals surface area contributed by atoms with E-state index in [1.54, 1.807) is 11.3 Å². The van der Waals surface area contributed by atoms with Crippen LogP contribution in [0.15, 0.2) is 53.4 Å². The van der Waals surface area contributed by atoms with Gasteiger partial charge in [0.1, 0.15) is 5.82 Å². The van der Waals surface area contributed by atoms with E-state index in [4.69, 9.17) is 5.10 Å². The lowest BCUT2D eigenvalue weighted by Gasteiger charge is -2.22. The second-order valence-electron chi connectivity index (χ2n) is 6.95. The van der Waals surface area contributed by atoms with E-state index in [1.165, 1.54) is 0 Å². The Kier molecular flexibility index (Phi) is 4.72. The molecular formula is C20H21N7S. The summed E-state index contributed by atoms with van der Waals surface area (Å²) in [5.74, 6) is 1.75. The highest BCUT2D eigenvalue weighted by Gasteiger charge is 2.18. The Balaban J connectivity index is 1.37. The first kappa shape index (κ1) is 17.3. The average Bonchev–Trinajstić information content (AvgIpc) is 3.34. The van der Waals surface area contributed by atoms with Crippen molar-refractivity contribution in [3.8, 4) is 11.4 Å². The standard InChI is InChI=1S/C20H21N7S/c1-2-5-16(6-3-1)20-23-22-18-7-8-19(24-27(18)20)26-10-4-9-25(11-12-26)13-17-14-28-15-21-17/h1-3,5-8,14-15H,4,9-13H2. The van der Waals surface area contributed by atoms with Crippen LogP contribution in [-0.2, 0) is 6.54 Å². The molecule has 0 aliphatic carbocycles. The topological polar surface area (TPSA) is 62.5 Å². The SMILES string of the molecule is c1ccc(-c2nnc3ccc(N4CCCN(Cc5cscn5)CC4)nn23)cc1. The maximum absolute atomic E-state index is 4.87. The van der Waals surface area contributed by atoms with Crippen molar-refractivity contribution in [3.05, 3.63) is 59.0 Å². The van der Waals surface area contributed by atoms with Gasteiger partial charge in [-0.25, -0.2) is 4.98 Å². The first-order valence-corrected chi connectivity index (χ1v) is 10.4. The van der Waals surface area contributed by atoms with Gasteiger partial charge in [0, 0.05) is 43.7 Å². The van der Waals surface area contributed by atoms with Crippen LogP contribution in [0.25, 0.3) is 17.0 Å². The maximum Gasteiger partial charge on any atom is 0.185 e. The van der Waals surface area contributed by atoms with Gasteiger partial charge in [-0.05, 0) is 18.6 Å². The molecule has 0 unspecified atom stereocenters. The van der Waals surface area contributed by atoms with Gasteiger partial charge in [-0.3, -0.25) is 4.90 Å². The van der Waals surface area contributed by atoms with E-state index in [2.05, 4.69) is 36.4 Å². The lowest BCUT2D eigenvalue weighted by Crippen LogP contribution is -2.31. The molecule has 1 aromatic carbocycles. The molecule has 0 bridgehead atoms. The second kappa shape index (κ2) is 7.65. The van der Waals surface area contributed by atoms with Crippen molar-refractivity contribution >= 4 is 22.8 Å². The summed E-state index contributed by atoms with van der Waals surface area (Å²) < 4.78 is 1.85. The molecule has 1 fully saturated rings. The molecule has 142 valence electrons. The lowest BCUT2D eigenvalue weighted by molar-refractivity contribution is 0.282. The zero-order chi connectivity index (χ0) is 18.8. The molecule has 0 saturated carbocycles. The van der Waals surface area contributed by atoms with Gasteiger partial charge in [-0.1, -0.05) is 30.3 Å². The number of benzene rings is 1. The van der Waals surface area contributed by atoms with Gasteiger partial charge in [0.15, 0.2) is 11.5 Å². The molecule has 1 aliphatic heterocycles. The van der Waals surface area contributed by atoms with Crippen LogP contribution in [0.2, 0.25) is 0 Å². The average molecular weight is 392 g/mol. The first-order chi connectivity index (χ1) is 13.9. The fourth-order valence-corrected chi connectivity index (χ4v) is 4.17. The van der Waals surface area contributed by atoms with Crippen LogP contribution in [-0.4, -0.2) is 55.9 Å². The third-order valence-electron chi connectivity index (χ3n) is 5.06. The van der Waals surface area contributed by atoms with Crippen molar-refractivity contribution < 1.29 is 0 Å². The molecule has 7 nitrogen and oxygen atoms in total. The number of nitrogens with zero attached hydrogens (tertiary/aromatic N) is 7. The van der Waals surface area contributed by atoms with Crippen molar-refractivity contribution in [2.45, 2.75) is 13.0 Å². The largest absolute Gasteiger partial charge is 0.354 e. The van der Waals surface area contributed by atoms with Crippen molar-refractivity contribution in [1.29, 1.82) is 0 Å². The van der Waals surface area contributed by atoms with E-state index >= 15 is 0 Å². The van der Waals surface area contributed by atoms with Gasteiger partial charge in [0.2, 0.25) is 0 Å². The van der Waals surface area contributed by atoms with Gasteiger partial charge >= 0.3 is 0 Å². The van der Waals surface area contributed by atoms with Crippen molar-refractivity contribution in [2.75, 3.05) is 31.1 Å². The summed E-state index contributed by atoms with van der Waals surface area (Å²) in [6.45, 7) is 4.96. The van der Waals surface area contributed by atoms with Crippen LogP contribution >= 0.6 is 11.3 Å². The Hall–Kier alpha value is -2.84. The predicted molar refractivity (Wildman–Crippen MR) is 110 cm³/mol. The Morgan fingerprint density at radius 3 is 2.71 bits per heavy atom. The first-order valence-electron chi connectivity index (χ1n) is 9.49. The third kappa shape index (κ3) is 3.48. The van der Waals surface area contributed by atoms with Gasteiger partial charge < -0.3 is 4.90 Å². The van der Waals surface area contributed by atoms with Crippen LogP contribution in [0, 0.1) is 0 Å². The van der Waals surface area contributed by atoms with Crippen LogP contribution in [0.1, 0.15) is 12.1 Å².